The summed E-state index contributed by atoms with van der Waals surface area (Å²) < 4.78 is 23.5. The normalized spacial score (nSPS) is 18.8. The minimum absolute atomic E-state index is 0.210. The molecule has 2 heterocycles. The van der Waals surface area contributed by atoms with E-state index in [1.165, 1.54) is 22.5 Å². The van der Waals surface area contributed by atoms with Crippen LogP contribution in [0.2, 0.25) is 0 Å². The molecule has 0 radical (unpaired) electrons. The molecule has 1 fully saturated rings. The minimum Gasteiger partial charge on any atom is -0.460 e. The fourth-order valence-electron chi connectivity index (χ4n) is 9.13. The average molecular weight is 835 g/mol. The van der Waals surface area contributed by atoms with Crippen molar-refractivity contribution in [1.29, 1.82) is 0 Å². The second-order valence-electron chi connectivity index (χ2n) is 16.8. The molecule has 4 aromatic carbocycles. The summed E-state index contributed by atoms with van der Waals surface area (Å²) in [7, 11) is 3.19. The molecule has 2 aliphatic heterocycles. The van der Waals surface area contributed by atoms with Crippen LogP contribution in [0.15, 0.2) is 144 Å². The molecule has 0 atom stereocenters. The number of allylic oxidation sites excluding steroid dienone is 8. The standard InChI is InChI=1S/C53H60N3O6/c1-9-54-45-27-23-39(50(57)61-33-31-59-7)35-43(45)52(3,4)47(54)29-25-37-21-22-38(49(37)56(41-17-13-11-14-18-41)42-19-15-12-16-20-42)26-30-48-53(5,6)44-36-40(51(58)62-34-32-60-8)24-28-46(44)55(48)10-2/h11-20,23-30,35-36H,9-10,21-22,31-34H2,1-8H3/q+1. The van der Waals surface area contributed by atoms with Crippen molar-refractivity contribution in [1.82, 2.24) is 4.58 Å². The third-order valence-electron chi connectivity index (χ3n) is 12.3. The SMILES string of the molecule is CCN1C(=C/C=C2\CC/C(=C\C=C3\N(CC)c4ccc(C(=O)OCCOC)cc4C3(C)C)C2=[N+](c2ccccc2)c2ccccc2)C(C)(C)c2cc(C(=O)OCCOC)ccc21. The zero-order valence-corrected chi connectivity index (χ0v) is 37.5. The quantitative estimate of drug-likeness (QED) is 0.0706. The van der Waals surface area contributed by atoms with Crippen LogP contribution in [-0.4, -0.2) is 71.4 Å². The Hall–Kier alpha value is -6.03. The Morgan fingerprint density at radius 3 is 1.35 bits per heavy atom. The van der Waals surface area contributed by atoms with Crippen molar-refractivity contribution in [3.63, 3.8) is 0 Å². The fraction of sp³-hybridized carbons (Fsp3) is 0.340. The third kappa shape index (κ3) is 8.56. The van der Waals surface area contributed by atoms with Gasteiger partial charge in [-0.2, -0.15) is 4.58 Å². The van der Waals surface area contributed by atoms with Crippen molar-refractivity contribution in [2.75, 3.05) is 63.5 Å². The highest BCUT2D eigenvalue weighted by Gasteiger charge is 2.42. The van der Waals surface area contributed by atoms with E-state index in [1.807, 2.05) is 36.4 Å². The maximum Gasteiger partial charge on any atom is 0.338 e. The molecule has 1 saturated carbocycles. The Bertz CT molecular complexity index is 2290. The summed E-state index contributed by atoms with van der Waals surface area (Å²) in [4.78, 5) is 30.8. The van der Waals surface area contributed by atoms with Crippen molar-refractivity contribution in [2.45, 2.75) is 65.2 Å². The summed E-state index contributed by atoms with van der Waals surface area (Å²) in [5, 5.41) is 0. The van der Waals surface area contributed by atoms with Gasteiger partial charge in [0.1, 0.15) is 13.2 Å². The molecule has 0 aromatic heterocycles. The molecule has 0 unspecified atom stereocenters. The lowest BCUT2D eigenvalue weighted by molar-refractivity contribution is 0.0381. The van der Waals surface area contributed by atoms with Crippen molar-refractivity contribution >= 4 is 40.4 Å². The Labute approximate surface area is 367 Å². The zero-order valence-electron chi connectivity index (χ0n) is 37.5. The highest BCUT2D eigenvalue weighted by atomic mass is 16.6. The van der Waals surface area contributed by atoms with Crippen molar-refractivity contribution in [3.05, 3.63) is 166 Å². The number of likely N-dealkylation sites (N-methyl/N-ethyl adjacent to an activating group) is 2. The molecule has 7 rings (SSSR count). The van der Waals surface area contributed by atoms with Crippen LogP contribution >= 0.6 is 0 Å². The minimum atomic E-state index is -0.376. The highest BCUT2D eigenvalue weighted by molar-refractivity contribution is 6.17. The van der Waals surface area contributed by atoms with Gasteiger partial charge in [0.25, 0.3) is 0 Å². The molecular weight excluding hydrogens is 775 g/mol. The molecule has 0 amide bonds. The molecule has 3 aliphatic rings. The van der Waals surface area contributed by atoms with Crippen molar-refractivity contribution < 1.29 is 28.5 Å². The van der Waals surface area contributed by atoms with Gasteiger partial charge in [-0.1, -0.05) is 76.2 Å². The topological polar surface area (TPSA) is 80.6 Å². The van der Waals surface area contributed by atoms with Crippen LogP contribution in [0, 0.1) is 0 Å². The van der Waals surface area contributed by atoms with Gasteiger partial charge < -0.3 is 28.7 Å². The number of carbonyl (C=O) groups is 2. The number of nitrogens with zero attached hydrogens (tertiary/aromatic N) is 3. The average Bonchev–Trinajstić information content (AvgIpc) is 3.85. The lowest BCUT2D eigenvalue weighted by Crippen LogP contribution is -2.26. The van der Waals surface area contributed by atoms with E-state index in [9.17, 15) is 9.59 Å². The number of carbonyl (C=O) groups excluding carboxylic acids is 2. The van der Waals surface area contributed by atoms with Crippen LogP contribution in [0.4, 0.5) is 22.7 Å². The van der Waals surface area contributed by atoms with Crippen molar-refractivity contribution in [2.24, 2.45) is 0 Å². The predicted octanol–water partition coefficient (Wildman–Crippen LogP) is 10.6. The van der Waals surface area contributed by atoms with Gasteiger partial charge in [-0.15, -0.1) is 0 Å². The summed E-state index contributed by atoms with van der Waals surface area (Å²) in [6, 6.07) is 33.0. The van der Waals surface area contributed by atoms with Crippen LogP contribution in [0.25, 0.3) is 0 Å². The fourth-order valence-corrected chi connectivity index (χ4v) is 9.13. The van der Waals surface area contributed by atoms with Crippen LogP contribution in [-0.2, 0) is 29.8 Å². The number of hydrogen-bond donors (Lipinski definition) is 0. The monoisotopic (exact) mass is 834 g/mol. The summed E-state index contributed by atoms with van der Waals surface area (Å²) in [6.45, 7) is 16.0. The second kappa shape index (κ2) is 18.9. The molecular formula is C53H60N3O6+. The first-order chi connectivity index (χ1) is 30.0. The lowest BCUT2D eigenvalue weighted by atomic mass is 9.83. The predicted molar refractivity (Wildman–Crippen MR) is 250 cm³/mol. The number of ether oxygens (including phenoxy) is 4. The maximum absolute atomic E-state index is 13.0. The number of hydrogen-bond acceptors (Lipinski definition) is 8. The Morgan fingerprint density at radius 2 is 0.984 bits per heavy atom. The van der Waals surface area contributed by atoms with Crippen molar-refractivity contribution in [3.8, 4) is 0 Å². The first kappa shape index (κ1) is 44.0. The van der Waals surface area contributed by atoms with E-state index < -0.39 is 0 Å². The van der Waals surface area contributed by atoms with Crippen LogP contribution in [0.3, 0.4) is 0 Å². The summed E-state index contributed by atoms with van der Waals surface area (Å²) in [6.07, 6.45) is 10.9. The van der Waals surface area contributed by atoms with Crippen LogP contribution in [0.5, 0.6) is 0 Å². The van der Waals surface area contributed by atoms with E-state index in [0.717, 1.165) is 65.5 Å². The number of methoxy groups -OCH3 is 2. The van der Waals surface area contributed by atoms with E-state index in [2.05, 4.69) is 141 Å². The molecule has 62 heavy (non-hydrogen) atoms. The number of rotatable bonds is 14. The third-order valence-corrected chi connectivity index (χ3v) is 12.3. The first-order valence-corrected chi connectivity index (χ1v) is 21.7. The number of esters is 2. The van der Waals surface area contributed by atoms with Gasteiger partial charge in [0.05, 0.1) is 24.3 Å². The summed E-state index contributed by atoms with van der Waals surface area (Å²) in [5.41, 5.74) is 12.8. The lowest BCUT2D eigenvalue weighted by Gasteiger charge is -2.26. The van der Waals surface area contributed by atoms with Gasteiger partial charge in [0.15, 0.2) is 0 Å². The molecule has 9 heteroatoms. The second-order valence-corrected chi connectivity index (χ2v) is 16.8. The largest absolute Gasteiger partial charge is 0.460 e. The Morgan fingerprint density at radius 1 is 0.581 bits per heavy atom. The number of fused-ring (bicyclic) bond motifs is 2. The van der Waals surface area contributed by atoms with E-state index in [4.69, 9.17) is 18.9 Å². The molecule has 0 bridgehead atoms. The zero-order chi connectivity index (χ0) is 44.0. The van der Waals surface area contributed by atoms with Gasteiger partial charge in [-0.25, -0.2) is 9.59 Å². The number of benzene rings is 4. The van der Waals surface area contributed by atoms with E-state index >= 15 is 0 Å². The van der Waals surface area contributed by atoms with Gasteiger partial charge in [0.2, 0.25) is 17.1 Å². The Kier molecular flexibility index (Phi) is 13.4. The first-order valence-electron chi connectivity index (χ1n) is 21.7. The molecule has 4 aromatic rings. The van der Waals surface area contributed by atoms with Gasteiger partial charge in [0, 0.05) is 96.3 Å². The summed E-state index contributed by atoms with van der Waals surface area (Å²) >= 11 is 0. The molecule has 1 aliphatic carbocycles. The number of para-hydroxylation sites is 2. The van der Waals surface area contributed by atoms with Crippen LogP contribution < -0.4 is 14.4 Å². The summed E-state index contributed by atoms with van der Waals surface area (Å²) in [5.74, 6) is -0.695. The van der Waals surface area contributed by atoms with E-state index in [-0.39, 0.29) is 36.0 Å². The molecule has 322 valence electrons. The Balaban J connectivity index is 1.33. The molecule has 9 nitrogen and oxygen atoms in total. The highest BCUT2D eigenvalue weighted by Crippen LogP contribution is 2.50. The maximum atomic E-state index is 13.0. The van der Waals surface area contributed by atoms with Crippen LogP contribution in [0.1, 0.15) is 86.2 Å². The molecule has 0 N–H and O–H groups in total. The number of anilines is 2. The molecule has 0 saturated heterocycles. The van der Waals surface area contributed by atoms with Gasteiger partial charge in [-0.05, 0) is 86.4 Å². The smallest absolute Gasteiger partial charge is 0.338 e. The molecule has 0 spiro atoms. The van der Waals surface area contributed by atoms with E-state index in [1.54, 1.807) is 14.2 Å². The van der Waals surface area contributed by atoms with E-state index in [0.29, 0.717) is 24.3 Å². The van der Waals surface area contributed by atoms with Gasteiger partial charge in [-0.3, -0.25) is 0 Å². The van der Waals surface area contributed by atoms with Gasteiger partial charge >= 0.3 is 11.9 Å².